The first kappa shape index (κ1) is 8.90. The molecule has 1 aliphatic rings. The van der Waals surface area contributed by atoms with Crippen molar-refractivity contribution in [1.29, 1.82) is 0 Å². The Labute approximate surface area is 87.5 Å². The second-order valence-electron chi connectivity index (χ2n) is 2.86. The number of nitrogens with zero attached hydrogens (tertiary/aromatic N) is 1. The fourth-order valence-electron chi connectivity index (χ4n) is 1.19. The number of nitrogens with one attached hydrogen (secondary N) is 2. The standard InChI is InChI=1S/C10H9N3S/c1-7-11-9(13-10(14)12-7)8-5-3-2-4-6-8/h2-6H,1H2,(H2,11,12,13,14). The van der Waals surface area contributed by atoms with Crippen molar-refractivity contribution in [3.8, 4) is 0 Å². The van der Waals surface area contributed by atoms with Crippen molar-refractivity contribution in [3.63, 3.8) is 0 Å². The summed E-state index contributed by atoms with van der Waals surface area (Å²) in [5, 5.41) is 6.27. The zero-order chi connectivity index (χ0) is 9.97. The van der Waals surface area contributed by atoms with E-state index >= 15 is 0 Å². The molecule has 0 radical (unpaired) electrons. The molecule has 1 aromatic carbocycles. The Hall–Kier alpha value is -1.68. The minimum Gasteiger partial charge on any atom is -0.326 e. The Morgan fingerprint density at radius 2 is 1.86 bits per heavy atom. The third kappa shape index (κ3) is 1.80. The van der Waals surface area contributed by atoms with Gasteiger partial charge in [0.1, 0.15) is 11.7 Å². The second-order valence-corrected chi connectivity index (χ2v) is 3.25. The number of hydrogen-bond donors (Lipinski definition) is 2. The van der Waals surface area contributed by atoms with Crippen LogP contribution in [0.3, 0.4) is 0 Å². The van der Waals surface area contributed by atoms with Crippen LogP contribution in [0.4, 0.5) is 0 Å². The summed E-state index contributed by atoms with van der Waals surface area (Å²) in [7, 11) is 0. The topological polar surface area (TPSA) is 36.4 Å². The van der Waals surface area contributed by atoms with Gasteiger partial charge in [-0.1, -0.05) is 36.9 Å². The number of benzene rings is 1. The van der Waals surface area contributed by atoms with Gasteiger partial charge in [-0.25, -0.2) is 4.99 Å². The minimum absolute atomic E-state index is 0.438. The van der Waals surface area contributed by atoms with E-state index in [1.807, 2.05) is 30.3 Å². The predicted octanol–water partition coefficient (Wildman–Crippen LogP) is 1.38. The zero-order valence-corrected chi connectivity index (χ0v) is 8.27. The summed E-state index contributed by atoms with van der Waals surface area (Å²) < 4.78 is 0. The first-order valence-corrected chi connectivity index (χ1v) is 4.57. The summed E-state index contributed by atoms with van der Waals surface area (Å²) in [6.07, 6.45) is 0. The highest BCUT2D eigenvalue weighted by Gasteiger charge is 2.11. The van der Waals surface area contributed by atoms with Crippen LogP contribution in [0.2, 0.25) is 0 Å². The lowest BCUT2D eigenvalue weighted by Gasteiger charge is -2.18. The van der Waals surface area contributed by atoms with Crippen LogP contribution in [0.1, 0.15) is 5.56 Å². The summed E-state index contributed by atoms with van der Waals surface area (Å²) in [5.74, 6) is 1.39. The molecule has 0 amide bonds. The van der Waals surface area contributed by atoms with Crippen LogP contribution in [-0.2, 0) is 0 Å². The van der Waals surface area contributed by atoms with E-state index in [-0.39, 0.29) is 0 Å². The van der Waals surface area contributed by atoms with Crippen LogP contribution >= 0.6 is 12.2 Å². The molecule has 1 heterocycles. The maximum atomic E-state index is 4.96. The third-order valence-electron chi connectivity index (χ3n) is 1.79. The van der Waals surface area contributed by atoms with E-state index in [2.05, 4.69) is 22.2 Å². The summed E-state index contributed by atoms with van der Waals surface area (Å²) in [6, 6.07) is 9.79. The molecule has 0 saturated carbocycles. The molecular formula is C10H9N3S. The van der Waals surface area contributed by atoms with Crippen molar-refractivity contribution < 1.29 is 0 Å². The molecule has 0 bridgehead atoms. The molecule has 1 aliphatic heterocycles. The third-order valence-corrected chi connectivity index (χ3v) is 1.98. The van der Waals surface area contributed by atoms with Gasteiger partial charge < -0.3 is 10.6 Å². The number of aliphatic imine (C=N–C) groups is 1. The zero-order valence-electron chi connectivity index (χ0n) is 7.45. The minimum atomic E-state index is 0.438. The van der Waals surface area contributed by atoms with Crippen molar-refractivity contribution in [2.45, 2.75) is 0 Å². The fourth-order valence-corrected chi connectivity index (χ4v) is 1.41. The van der Waals surface area contributed by atoms with E-state index in [4.69, 9.17) is 12.2 Å². The average Bonchev–Trinajstić information content (AvgIpc) is 2.18. The van der Waals surface area contributed by atoms with Gasteiger partial charge in [-0.05, 0) is 12.2 Å². The van der Waals surface area contributed by atoms with Crippen LogP contribution < -0.4 is 10.6 Å². The monoisotopic (exact) mass is 203 g/mol. The Balaban J connectivity index is 2.35. The molecule has 14 heavy (non-hydrogen) atoms. The van der Waals surface area contributed by atoms with E-state index < -0.39 is 0 Å². The number of hydrogen-bond acceptors (Lipinski definition) is 2. The van der Waals surface area contributed by atoms with Gasteiger partial charge in [0, 0.05) is 5.56 Å². The molecular weight excluding hydrogens is 194 g/mol. The van der Waals surface area contributed by atoms with Crippen LogP contribution in [-0.4, -0.2) is 10.9 Å². The Morgan fingerprint density at radius 1 is 1.14 bits per heavy atom. The maximum absolute atomic E-state index is 4.96. The smallest absolute Gasteiger partial charge is 0.200 e. The van der Waals surface area contributed by atoms with Crippen LogP contribution in [0.25, 0.3) is 0 Å². The SMILES string of the molecule is C=C1NC(=S)N=C(c2ccccc2)N1. The molecule has 0 fully saturated rings. The van der Waals surface area contributed by atoms with Crippen molar-refractivity contribution in [2.24, 2.45) is 4.99 Å². The Morgan fingerprint density at radius 3 is 2.50 bits per heavy atom. The highest BCUT2D eigenvalue weighted by molar-refractivity contribution is 7.80. The van der Waals surface area contributed by atoms with E-state index in [1.54, 1.807) is 0 Å². The highest BCUT2D eigenvalue weighted by atomic mass is 32.1. The lowest BCUT2D eigenvalue weighted by atomic mass is 10.2. The van der Waals surface area contributed by atoms with Crippen molar-refractivity contribution >= 4 is 23.2 Å². The molecule has 4 heteroatoms. The predicted molar refractivity (Wildman–Crippen MR) is 61.0 cm³/mol. The van der Waals surface area contributed by atoms with Gasteiger partial charge in [0.2, 0.25) is 0 Å². The van der Waals surface area contributed by atoms with Gasteiger partial charge in [-0.15, -0.1) is 0 Å². The molecule has 2 N–H and O–H groups in total. The van der Waals surface area contributed by atoms with Gasteiger partial charge in [-0.2, -0.15) is 0 Å². The molecule has 0 atom stereocenters. The number of amidine groups is 1. The molecule has 3 nitrogen and oxygen atoms in total. The first-order valence-electron chi connectivity index (χ1n) is 4.17. The van der Waals surface area contributed by atoms with Gasteiger partial charge in [0.15, 0.2) is 5.11 Å². The quantitative estimate of drug-likeness (QED) is 0.677. The van der Waals surface area contributed by atoms with Crippen LogP contribution in [0, 0.1) is 0 Å². The largest absolute Gasteiger partial charge is 0.326 e. The fraction of sp³-hybridized carbons (Fsp3) is 0. The number of rotatable bonds is 1. The summed E-state index contributed by atoms with van der Waals surface area (Å²) in [4.78, 5) is 4.17. The Bertz CT molecular complexity index is 409. The molecule has 0 aromatic heterocycles. The van der Waals surface area contributed by atoms with Crippen LogP contribution in [0.15, 0.2) is 47.7 Å². The molecule has 0 aliphatic carbocycles. The normalized spacial score (nSPS) is 15.6. The maximum Gasteiger partial charge on any atom is 0.200 e. The van der Waals surface area contributed by atoms with E-state index in [0.717, 1.165) is 11.4 Å². The van der Waals surface area contributed by atoms with Gasteiger partial charge in [0.25, 0.3) is 0 Å². The van der Waals surface area contributed by atoms with Gasteiger partial charge in [-0.3, -0.25) is 0 Å². The molecule has 2 rings (SSSR count). The average molecular weight is 203 g/mol. The van der Waals surface area contributed by atoms with E-state index in [9.17, 15) is 0 Å². The van der Waals surface area contributed by atoms with Gasteiger partial charge >= 0.3 is 0 Å². The summed E-state index contributed by atoms with van der Waals surface area (Å²) in [6.45, 7) is 3.75. The van der Waals surface area contributed by atoms with Gasteiger partial charge in [0.05, 0.1) is 0 Å². The molecule has 0 saturated heterocycles. The van der Waals surface area contributed by atoms with E-state index in [1.165, 1.54) is 0 Å². The molecule has 0 unspecified atom stereocenters. The van der Waals surface area contributed by atoms with Crippen molar-refractivity contribution in [2.75, 3.05) is 0 Å². The van der Waals surface area contributed by atoms with Crippen molar-refractivity contribution in [3.05, 3.63) is 48.3 Å². The first-order chi connectivity index (χ1) is 6.75. The molecule has 0 spiro atoms. The molecule has 1 aromatic rings. The second kappa shape index (κ2) is 3.59. The summed E-state index contributed by atoms with van der Waals surface area (Å²) in [5.41, 5.74) is 0.998. The van der Waals surface area contributed by atoms with Crippen LogP contribution in [0.5, 0.6) is 0 Å². The highest BCUT2D eigenvalue weighted by Crippen LogP contribution is 2.03. The lowest BCUT2D eigenvalue weighted by Crippen LogP contribution is -2.39. The molecule has 70 valence electrons. The summed E-state index contributed by atoms with van der Waals surface area (Å²) >= 11 is 4.96. The van der Waals surface area contributed by atoms with Crippen molar-refractivity contribution in [1.82, 2.24) is 10.6 Å². The number of thiocarbonyl (C=S) groups is 1. The lowest BCUT2D eigenvalue weighted by molar-refractivity contribution is 0.962. The van der Waals surface area contributed by atoms with E-state index in [0.29, 0.717) is 10.9 Å². The Kier molecular flexibility index (Phi) is 2.28.